The maximum atomic E-state index is 12.9. The summed E-state index contributed by atoms with van der Waals surface area (Å²) in [4.78, 5) is 42.0. The number of amides is 2. The van der Waals surface area contributed by atoms with Crippen molar-refractivity contribution in [2.24, 2.45) is 0 Å². The van der Waals surface area contributed by atoms with E-state index in [4.69, 9.17) is 11.6 Å². The Bertz CT molecular complexity index is 956. The minimum atomic E-state index is -0.549. The summed E-state index contributed by atoms with van der Waals surface area (Å²) in [5.41, 5.74) is 1.07. The first-order chi connectivity index (χ1) is 14.5. The molecule has 0 bridgehead atoms. The van der Waals surface area contributed by atoms with Crippen molar-refractivity contribution in [3.63, 3.8) is 0 Å². The second-order valence-electron chi connectivity index (χ2n) is 7.50. The van der Waals surface area contributed by atoms with Crippen LogP contribution in [0.1, 0.15) is 44.9 Å². The standard InChI is InChI=1S/C22H27ClN4O3/c1-2-3-4-7-19-25-18(15-8-10-16(23)11-9-15)13-21(29)27(19)14-20(28)26-17-6-5-12-24-22(17)30/h8-11,13,17H,2-7,12,14H2,1H3,(H,24,30)(H,26,28). The molecule has 160 valence electrons. The molecule has 2 amide bonds. The first-order valence-electron chi connectivity index (χ1n) is 10.4. The topological polar surface area (TPSA) is 93.1 Å². The van der Waals surface area contributed by atoms with Crippen molar-refractivity contribution in [1.29, 1.82) is 0 Å². The van der Waals surface area contributed by atoms with E-state index in [1.54, 1.807) is 12.1 Å². The van der Waals surface area contributed by atoms with Gasteiger partial charge in [-0.2, -0.15) is 0 Å². The molecular weight excluding hydrogens is 404 g/mol. The van der Waals surface area contributed by atoms with Crippen molar-refractivity contribution in [1.82, 2.24) is 20.2 Å². The molecule has 1 aliphatic rings. The zero-order valence-electron chi connectivity index (χ0n) is 17.1. The number of unbranched alkanes of at least 4 members (excludes halogenated alkanes) is 2. The Morgan fingerprint density at radius 1 is 1.27 bits per heavy atom. The van der Waals surface area contributed by atoms with Gasteiger partial charge in [0.25, 0.3) is 5.56 Å². The van der Waals surface area contributed by atoms with Gasteiger partial charge in [0.1, 0.15) is 18.4 Å². The summed E-state index contributed by atoms with van der Waals surface area (Å²) in [7, 11) is 0. The van der Waals surface area contributed by atoms with E-state index in [1.807, 2.05) is 12.1 Å². The summed E-state index contributed by atoms with van der Waals surface area (Å²) < 4.78 is 1.41. The molecule has 0 radical (unpaired) electrons. The van der Waals surface area contributed by atoms with Crippen LogP contribution in [0.5, 0.6) is 0 Å². The number of benzene rings is 1. The van der Waals surface area contributed by atoms with Crippen molar-refractivity contribution in [2.75, 3.05) is 6.54 Å². The fraction of sp³-hybridized carbons (Fsp3) is 0.455. The summed E-state index contributed by atoms with van der Waals surface area (Å²) in [6.07, 6.45) is 4.94. The van der Waals surface area contributed by atoms with Crippen molar-refractivity contribution < 1.29 is 9.59 Å². The highest BCUT2D eigenvalue weighted by Gasteiger charge is 2.24. The fourth-order valence-electron chi connectivity index (χ4n) is 3.51. The van der Waals surface area contributed by atoms with Crippen LogP contribution in [-0.2, 0) is 22.6 Å². The molecule has 8 heteroatoms. The van der Waals surface area contributed by atoms with E-state index >= 15 is 0 Å². The molecule has 1 fully saturated rings. The van der Waals surface area contributed by atoms with Crippen molar-refractivity contribution >= 4 is 23.4 Å². The number of carbonyl (C=O) groups excluding carboxylic acids is 2. The number of hydrogen-bond donors (Lipinski definition) is 2. The maximum Gasteiger partial charge on any atom is 0.254 e. The summed E-state index contributed by atoms with van der Waals surface area (Å²) in [5.74, 6) is 0.0300. The molecule has 3 rings (SSSR count). The zero-order valence-corrected chi connectivity index (χ0v) is 17.9. The van der Waals surface area contributed by atoms with Crippen molar-refractivity contribution in [3.05, 3.63) is 51.5 Å². The number of carbonyl (C=O) groups is 2. The van der Waals surface area contributed by atoms with Crippen LogP contribution < -0.4 is 16.2 Å². The van der Waals surface area contributed by atoms with Crippen LogP contribution in [0.25, 0.3) is 11.3 Å². The highest BCUT2D eigenvalue weighted by molar-refractivity contribution is 6.30. The third-order valence-corrected chi connectivity index (χ3v) is 5.41. The molecule has 30 heavy (non-hydrogen) atoms. The molecule has 0 spiro atoms. The second-order valence-corrected chi connectivity index (χ2v) is 7.94. The number of nitrogens with zero attached hydrogens (tertiary/aromatic N) is 2. The summed E-state index contributed by atoms with van der Waals surface area (Å²) >= 11 is 5.96. The third kappa shape index (κ3) is 5.69. The molecule has 2 N–H and O–H groups in total. The van der Waals surface area contributed by atoms with Gasteiger partial charge in [0.05, 0.1) is 5.69 Å². The number of hydrogen-bond acceptors (Lipinski definition) is 4. The van der Waals surface area contributed by atoms with Gasteiger partial charge >= 0.3 is 0 Å². The summed E-state index contributed by atoms with van der Waals surface area (Å²) in [6, 6.07) is 8.03. The van der Waals surface area contributed by atoms with Crippen LogP contribution >= 0.6 is 11.6 Å². The second kappa shape index (κ2) is 10.4. The van der Waals surface area contributed by atoms with Crippen molar-refractivity contribution in [3.8, 4) is 11.3 Å². The molecule has 1 aromatic carbocycles. The Morgan fingerprint density at radius 3 is 2.73 bits per heavy atom. The third-order valence-electron chi connectivity index (χ3n) is 5.15. The Balaban J connectivity index is 1.84. The Kier molecular flexibility index (Phi) is 7.63. The van der Waals surface area contributed by atoms with E-state index in [-0.39, 0.29) is 23.9 Å². The molecule has 1 aliphatic heterocycles. The average molecular weight is 431 g/mol. The lowest BCUT2D eigenvalue weighted by molar-refractivity contribution is -0.130. The fourth-order valence-corrected chi connectivity index (χ4v) is 3.63. The minimum Gasteiger partial charge on any atom is -0.354 e. The van der Waals surface area contributed by atoms with Crippen LogP contribution in [0.2, 0.25) is 5.02 Å². The van der Waals surface area contributed by atoms with E-state index in [2.05, 4.69) is 22.5 Å². The Labute approximate surface area is 180 Å². The van der Waals surface area contributed by atoms with Crippen LogP contribution in [0, 0.1) is 0 Å². The number of aromatic nitrogens is 2. The SMILES string of the molecule is CCCCCc1nc(-c2ccc(Cl)cc2)cc(=O)n1CC(=O)NC1CCCNC1=O. The van der Waals surface area contributed by atoms with Gasteiger partial charge in [0, 0.05) is 29.6 Å². The van der Waals surface area contributed by atoms with Gasteiger partial charge in [-0.25, -0.2) is 4.98 Å². The molecule has 0 saturated carbocycles. The van der Waals surface area contributed by atoms with E-state index in [0.717, 1.165) is 31.2 Å². The van der Waals surface area contributed by atoms with E-state index < -0.39 is 6.04 Å². The smallest absolute Gasteiger partial charge is 0.254 e. The van der Waals surface area contributed by atoms with Gasteiger partial charge in [-0.3, -0.25) is 19.0 Å². The number of aryl methyl sites for hydroxylation is 1. The highest BCUT2D eigenvalue weighted by atomic mass is 35.5. The molecule has 2 aromatic rings. The molecule has 1 atom stereocenters. The van der Waals surface area contributed by atoms with Gasteiger partial charge < -0.3 is 10.6 Å². The Hall–Kier alpha value is -2.67. The Morgan fingerprint density at radius 2 is 2.03 bits per heavy atom. The highest BCUT2D eigenvalue weighted by Crippen LogP contribution is 2.19. The monoisotopic (exact) mass is 430 g/mol. The zero-order chi connectivity index (χ0) is 21.5. The van der Waals surface area contributed by atoms with E-state index in [0.29, 0.717) is 35.9 Å². The lowest BCUT2D eigenvalue weighted by Gasteiger charge is -2.23. The number of piperidine rings is 1. The number of rotatable bonds is 8. The first kappa shape index (κ1) is 22.0. The molecule has 0 aliphatic carbocycles. The van der Waals surface area contributed by atoms with Gasteiger partial charge in [-0.05, 0) is 31.4 Å². The van der Waals surface area contributed by atoms with E-state index in [1.165, 1.54) is 10.6 Å². The minimum absolute atomic E-state index is 0.155. The molecule has 7 nitrogen and oxygen atoms in total. The molecule has 1 aromatic heterocycles. The summed E-state index contributed by atoms with van der Waals surface area (Å²) in [5, 5.41) is 6.09. The van der Waals surface area contributed by atoms with Crippen LogP contribution in [0.15, 0.2) is 35.1 Å². The maximum absolute atomic E-state index is 12.9. The lowest BCUT2D eigenvalue weighted by atomic mass is 10.1. The quantitative estimate of drug-likeness (QED) is 0.629. The normalized spacial score (nSPS) is 16.2. The molecule has 1 saturated heterocycles. The van der Waals surface area contributed by atoms with Crippen molar-refractivity contribution in [2.45, 2.75) is 58.0 Å². The first-order valence-corrected chi connectivity index (χ1v) is 10.8. The number of nitrogens with one attached hydrogen (secondary N) is 2. The largest absolute Gasteiger partial charge is 0.354 e. The predicted molar refractivity (Wildman–Crippen MR) is 116 cm³/mol. The molecular formula is C22H27ClN4O3. The van der Waals surface area contributed by atoms with Crippen LogP contribution in [-0.4, -0.2) is 34.0 Å². The average Bonchev–Trinajstić information content (AvgIpc) is 2.72. The predicted octanol–water partition coefficient (Wildman–Crippen LogP) is 2.69. The van der Waals surface area contributed by atoms with Gasteiger partial charge in [-0.1, -0.05) is 43.5 Å². The lowest BCUT2D eigenvalue weighted by Crippen LogP contribution is -2.51. The van der Waals surface area contributed by atoms with E-state index in [9.17, 15) is 14.4 Å². The molecule has 2 heterocycles. The van der Waals surface area contributed by atoms with Gasteiger partial charge in [0.15, 0.2) is 0 Å². The van der Waals surface area contributed by atoms with Gasteiger partial charge in [-0.15, -0.1) is 0 Å². The van der Waals surface area contributed by atoms with Crippen LogP contribution in [0.3, 0.4) is 0 Å². The van der Waals surface area contributed by atoms with Crippen LogP contribution in [0.4, 0.5) is 0 Å². The summed E-state index contributed by atoms with van der Waals surface area (Å²) in [6.45, 7) is 2.58. The number of halogens is 1. The van der Waals surface area contributed by atoms with Gasteiger partial charge in [0.2, 0.25) is 11.8 Å². The molecule has 1 unspecified atom stereocenters.